The van der Waals surface area contributed by atoms with Gasteiger partial charge >= 0.3 is 0 Å². The van der Waals surface area contributed by atoms with Crippen LogP contribution in [0.25, 0.3) is 11.0 Å². The number of rotatable bonds is 4. The molecule has 0 saturated heterocycles. The van der Waals surface area contributed by atoms with Crippen LogP contribution in [-0.2, 0) is 0 Å². The number of carbonyl (C=O) groups is 2. The Hall–Kier alpha value is -3.15. The molecule has 2 amide bonds. The monoisotopic (exact) mass is 322 g/mol. The van der Waals surface area contributed by atoms with Gasteiger partial charge in [-0.2, -0.15) is 0 Å². The molecule has 0 spiro atoms. The number of hydrogen-bond acceptors (Lipinski definition) is 3. The maximum absolute atomic E-state index is 12.4. The van der Waals surface area contributed by atoms with Gasteiger partial charge in [0.2, 0.25) is 5.91 Å². The van der Waals surface area contributed by atoms with Crippen LogP contribution in [0.3, 0.4) is 0 Å². The fraction of sp³-hybridized carbons (Fsp3) is 0.167. The van der Waals surface area contributed by atoms with Crippen molar-refractivity contribution < 1.29 is 9.59 Å². The van der Waals surface area contributed by atoms with E-state index in [2.05, 4.69) is 28.7 Å². The van der Waals surface area contributed by atoms with Gasteiger partial charge in [-0.15, -0.1) is 0 Å². The third kappa shape index (κ3) is 2.99. The summed E-state index contributed by atoms with van der Waals surface area (Å²) in [5.74, 6) is -0.734. The van der Waals surface area contributed by atoms with Crippen molar-refractivity contribution in [2.75, 3.05) is 5.32 Å². The summed E-state index contributed by atoms with van der Waals surface area (Å²) in [5.41, 5.74) is 8.48. The number of imidazole rings is 1. The zero-order valence-corrected chi connectivity index (χ0v) is 13.5. The fourth-order valence-electron chi connectivity index (χ4n) is 2.51. The predicted molar refractivity (Wildman–Crippen MR) is 93.0 cm³/mol. The van der Waals surface area contributed by atoms with Gasteiger partial charge in [0.25, 0.3) is 5.91 Å². The number of aromatic nitrogens is 2. The summed E-state index contributed by atoms with van der Waals surface area (Å²) < 4.78 is 2.06. The van der Waals surface area contributed by atoms with Crippen molar-refractivity contribution in [3.8, 4) is 0 Å². The van der Waals surface area contributed by atoms with E-state index in [0.717, 1.165) is 11.0 Å². The molecule has 0 unspecified atom stereocenters. The molecule has 3 rings (SSSR count). The quantitative estimate of drug-likeness (QED) is 0.773. The SMILES string of the molecule is CC(C)n1cnc2cc(C(=O)Nc3ccc(C(N)=O)cc3)ccc21. The number of hydrogen-bond donors (Lipinski definition) is 2. The fourth-order valence-corrected chi connectivity index (χ4v) is 2.51. The Balaban J connectivity index is 1.82. The average molecular weight is 322 g/mol. The van der Waals surface area contributed by atoms with Crippen LogP contribution in [0.4, 0.5) is 5.69 Å². The minimum atomic E-state index is -0.501. The van der Waals surface area contributed by atoms with Crippen molar-refractivity contribution in [1.82, 2.24) is 9.55 Å². The first-order valence-corrected chi connectivity index (χ1v) is 7.63. The molecule has 0 aliphatic carbocycles. The molecule has 0 fully saturated rings. The average Bonchev–Trinajstić information content (AvgIpc) is 2.98. The Labute approximate surface area is 139 Å². The summed E-state index contributed by atoms with van der Waals surface area (Å²) in [6, 6.07) is 12.2. The first-order valence-electron chi connectivity index (χ1n) is 7.63. The van der Waals surface area contributed by atoms with Gasteiger partial charge in [-0.05, 0) is 56.3 Å². The molecule has 3 N–H and O–H groups in total. The number of nitrogens with zero attached hydrogens (tertiary/aromatic N) is 2. The first-order chi connectivity index (χ1) is 11.5. The van der Waals surface area contributed by atoms with E-state index < -0.39 is 5.91 Å². The molecule has 0 aliphatic heterocycles. The number of amides is 2. The van der Waals surface area contributed by atoms with E-state index in [4.69, 9.17) is 5.73 Å². The molecule has 2 aromatic carbocycles. The summed E-state index contributed by atoms with van der Waals surface area (Å²) in [5, 5.41) is 2.79. The van der Waals surface area contributed by atoms with Crippen molar-refractivity contribution >= 4 is 28.5 Å². The van der Waals surface area contributed by atoms with Gasteiger partial charge in [0.05, 0.1) is 17.4 Å². The number of nitrogens with one attached hydrogen (secondary N) is 1. The Morgan fingerprint density at radius 3 is 2.38 bits per heavy atom. The Morgan fingerprint density at radius 2 is 1.75 bits per heavy atom. The van der Waals surface area contributed by atoms with Gasteiger partial charge in [-0.25, -0.2) is 4.98 Å². The third-order valence-electron chi connectivity index (χ3n) is 3.82. The van der Waals surface area contributed by atoms with Crippen molar-refractivity contribution in [1.29, 1.82) is 0 Å². The second-order valence-corrected chi connectivity index (χ2v) is 5.84. The lowest BCUT2D eigenvalue weighted by atomic mass is 10.1. The number of primary amides is 1. The van der Waals surface area contributed by atoms with Crippen LogP contribution in [0.5, 0.6) is 0 Å². The van der Waals surface area contributed by atoms with E-state index in [-0.39, 0.29) is 5.91 Å². The van der Waals surface area contributed by atoms with Gasteiger partial charge in [0.15, 0.2) is 0 Å². The molecule has 0 bridgehead atoms. The number of anilines is 1. The number of fused-ring (bicyclic) bond motifs is 1. The largest absolute Gasteiger partial charge is 0.366 e. The normalized spacial score (nSPS) is 11.0. The van der Waals surface area contributed by atoms with Gasteiger partial charge in [0.1, 0.15) is 0 Å². The molecule has 6 heteroatoms. The molecule has 3 aromatic rings. The third-order valence-corrected chi connectivity index (χ3v) is 3.82. The standard InChI is InChI=1S/C18H18N4O2/c1-11(2)22-10-20-15-9-13(5-8-16(15)22)18(24)21-14-6-3-12(4-7-14)17(19)23/h3-11H,1-2H3,(H2,19,23)(H,21,24). The highest BCUT2D eigenvalue weighted by Crippen LogP contribution is 2.19. The second-order valence-electron chi connectivity index (χ2n) is 5.84. The topological polar surface area (TPSA) is 90.0 Å². The Kier molecular flexibility index (Phi) is 4.04. The molecule has 1 heterocycles. The smallest absolute Gasteiger partial charge is 0.255 e. The number of benzene rings is 2. The predicted octanol–water partition coefficient (Wildman–Crippen LogP) is 2.97. The Bertz CT molecular complexity index is 910. The summed E-state index contributed by atoms with van der Waals surface area (Å²) in [6.45, 7) is 4.16. The highest BCUT2D eigenvalue weighted by molar-refractivity contribution is 6.06. The van der Waals surface area contributed by atoms with Crippen LogP contribution in [-0.4, -0.2) is 21.4 Å². The summed E-state index contributed by atoms with van der Waals surface area (Å²) in [6.07, 6.45) is 1.78. The summed E-state index contributed by atoms with van der Waals surface area (Å²) >= 11 is 0. The van der Waals surface area contributed by atoms with E-state index in [0.29, 0.717) is 22.9 Å². The highest BCUT2D eigenvalue weighted by Gasteiger charge is 2.11. The Morgan fingerprint density at radius 1 is 1.08 bits per heavy atom. The lowest BCUT2D eigenvalue weighted by Crippen LogP contribution is -2.13. The van der Waals surface area contributed by atoms with Crippen molar-refractivity contribution in [2.45, 2.75) is 19.9 Å². The molecule has 24 heavy (non-hydrogen) atoms. The van der Waals surface area contributed by atoms with E-state index in [9.17, 15) is 9.59 Å². The lowest BCUT2D eigenvalue weighted by Gasteiger charge is -2.09. The second kappa shape index (κ2) is 6.16. The number of nitrogens with two attached hydrogens (primary N) is 1. The minimum Gasteiger partial charge on any atom is -0.366 e. The first kappa shape index (κ1) is 15.7. The van der Waals surface area contributed by atoms with Crippen LogP contribution in [0.1, 0.15) is 40.6 Å². The van der Waals surface area contributed by atoms with Crippen molar-refractivity contribution in [2.24, 2.45) is 5.73 Å². The zero-order chi connectivity index (χ0) is 17.3. The molecule has 0 radical (unpaired) electrons. The van der Waals surface area contributed by atoms with Crippen LogP contribution >= 0.6 is 0 Å². The van der Waals surface area contributed by atoms with E-state index >= 15 is 0 Å². The molecule has 0 saturated carbocycles. The molecular weight excluding hydrogens is 304 g/mol. The molecule has 1 aromatic heterocycles. The van der Waals surface area contributed by atoms with Crippen molar-refractivity contribution in [3.05, 3.63) is 59.9 Å². The molecule has 6 nitrogen and oxygen atoms in total. The van der Waals surface area contributed by atoms with Gasteiger partial charge < -0.3 is 15.6 Å². The van der Waals surface area contributed by atoms with Gasteiger partial charge in [-0.3, -0.25) is 9.59 Å². The minimum absolute atomic E-state index is 0.233. The van der Waals surface area contributed by atoms with Crippen LogP contribution in [0, 0.1) is 0 Å². The van der Waals surface area contributed by atoms with Crippen LogP contribution in [0.2, 0.25) is 0 Å². The van der Waals surface area contributed by atoms with E-state index in [1.165, 1.54) is 0 Å². The molecule has 0 atom stereocenters. The highest BCUT2D eigenvalue weighted by atomic mass is 16.2. The molecular formula is C18H18N4O2. The van der Waals surface area contributed by atoms with Gasteiger partial charge in [0, 0.05) is 22.9 Å². The summed E-state index contributed by atoms with van der Waals surface area (Å²) in [4.78, 5) is 27.8. The van der Waals surface area contributed by atoms with Crippen LogP contribution in [0.15, 0.2) is 48.8 Å². The molecule has 122 valence electrons. The van der Waals surface area contributed by atoms with Crippen LogP contribution < -0.4 is 11.1 Å². The zero-order valence-electron chi connectivity index (χ0n) is 13.5. The van der Waals surface area contributed by atoms with Gasteiger partial charge in [-0.1, -0.05) is 0 Å². The maximum atomic E-state index is 12.4. The van der Waals surface area contributed by atoms with E-state index in [1.54, 1.807) is 42.7 Å². The summed E-state index contributed by atoms with van der Waals surface area (Å²) in [7, 11) is 0. The molecule has 0 aliphatic rings. The number of carbonyl (C=O) groups excluding carboxylic acids is 2. The van der Waals surface area contributed by atoms with E-state index in [1.807, 2.05) is 6.07 Å². The lowest BCUT2D eigenvalue weighted by molar-refractivity contribution is 0.0998. The van der Waals surface area contributed by atoms with Crippen molar-refractivity contribution in [3.63, 3.8) is 0 Å². The maximum Gasteiger partial charge on any atom is 0.255 e.